The molecule has 0 aliphatic carbocycles. The van der Waals surface area contributed by atoms with Gasteiger partial charge in [-0.25, -0.2) is 0 Å². The Hall–Kier alpha value is -0.470. The van der Waals surface area contributed by atoms with Gasteiger partial charge in [0.05, 0.1) is 6.10 Å². The highest BCUT2D eigenvalue weighted by Crippen LogP contribution is 2.19. The van der Waals surface area contributed by atoms with Crippen LogP contribution in [0.5, 0.6) is 0 Å². The van der Waals surface area contributed by atoms with Gasteiger partial charge in [0.1, 0.15) is 0 Å². The normalized spacial score (nSPS) is 12.7. The fourth-order valence-electron chi connectivity index (χ4n) is 1.23. The summed E-state index contributed by atoms with van der Waals surface area (Å²) in [7, 11) is 0. The van der Waals surface area contributed by atoms with Crippen molar-refractivity contribution in [3.63, 3.8) is 0 Å². The van der Waals surface area contributed by atoms with Gasteiger partial charge in [0.15, 0.2) is 0 Å². The van der Waals surface area contributed by atoms with Crippen molar-refractivity contribution in [1.29, 1.82) is 0 Å². The second-order valence-electron chi connectivity index (χ2n) is 3.42. The molecule has 14 heavy (non-hydrogen) atoms. The molecule has 0 saturated heterocycles. The molecule has 1 atom stereocenters. The lowest BCUT2D eigenvalue weighted by atomic mass is 10.2. The summed E-state index contributed by atoms with van der Waals surface area (Å²) >= 11 is 1.73. The Morgan fingerprint density at radius 2 is 2.00 bits per heavy atom. The Morgan fingerprint density at radius 3 is 2.64 bits per heavy atom. The van der Waals surface area contributed by atoms with Crippen LogP contribution in [0, 0.1) is 0 Å². The number of thioether (sulfide) groups is 1. The first-order chi connectivity index (χ1) is 6.83. The van der Waals surface area contributed by atoms with E-state index in [9.17, 15) is 5.11 Å². The maximum absolute atomic E-state index is 9.62. The molecule has 1 aromatic rings. The summed E-state index contributed by atoms with van der Waals surface area (Å²) in [5, 5.41) is 9.62. The third-order valence-corrected chi connectivity index (χ3v) is 3.23. The molecule has 2 heteroatoms. The molecular weight excluding hydrogens is 192 g/mol. The molecule has 1 nitrogen and oxygen atoms in total. The second-order valence-corrected chi connectivity index (χ2v) is 4.51. The third-order valence-electron chi connectivity index (χ3n) is 2.08. The molecular formula is C12H18OS. The number of rotatable bonds is 6. The Bertz CT molecular complexity index is 235. The molecule has 0 aliphatic heterocycles. The van der Waals surface area contributed by atoms with Crippen LogP contribution in [0.25, 0.3) is 0 Å². The van der Waals surface area contributed by atoms with Crippen LogP contribution in [0.3, 0.4) is 0 Å². The van der Waals surface area contributed by atoms with Crippen LogP contribution in [0.1, 0.15) is 26.2 Å². The van der Waals surface area contributed by atoms with E-state index in [4.69, 9.17) is 0 Å². The highest BCUT2D eigenvalue weighted by Gasteiger charge is 2.03. The van der Waals surface area contributed by atoms with E-state index in [1.54, 1.807) is 11.8 Å². The first kappa shape index (κ1) is 11.6. The summed E-state index contributed by atoms with van der Waals surface area (Å²) < 4.78 is 0. The van der Waals surface area contributed by atoms with Gasteiger partial charge in [0.2, 0.25) is 0 Å². The fraction of sp³-hybridized carbons (Fsp3) is 0.500. The van der Waals surface area contributed by atoms with Gasteiger partial charge in [-0.05, 0) is 18.6 Å². The number of aliphatic hydroxyl groups excluding tert-OH is 1. The Labute approximate surface area is 90.5 Å². The Kier molecular flexibility index (Phi) is 5.72. The van der Waals surface area contributed by atoms with Gasteiger partial charge in [-0.2, -0.15) is 0 Å². The van der Waals surface area contributed by atoms with Crippen molar-refractivity contribution in [2.24, 2.45) is 0 Å². The van der Waals surface area contributed by atoms with E-state index in [1.165, 1.54) is 4.90 Å². The van der Waals surface area contributed by atoms with Crippen LogP contribution in [0.4, 0.5) is 0 Å². The van der Waals surface area contributed by atoms with Gasteiger partial charge >= 0.3 is 0 Å². The van der Waals surface area contributed by atoms with E-state index in [0.29, 0.717) is 0 Å². The maximum Gasteiger partial charge on any atom is 0.0634 e. The molecule has 0 aromatic heterocycles. The van der Waals surface area contributed by atoms with Crippen LogP contribution >= 0.6 is 11.8 Å². The zero-order chi connectivity index (χ0) is 10.2. The SMILES string of the molecule is CCCC[C@@H](O)CSc1ccccc1. The van der Waals surface area contributed by atoms with Crippen molar-refractivity contribution >= 4 is 11.8 Å². The fourth-order valence-corrected chi connectivity index (χ4v) is 2.13. The number of aliphatic hydroxyl groups is 1. The third kappa shape index (κ3) is 4.68. The van der Waals surface area contributed by atoms with Crippen molar-refractivity contribution in [3.05, 3.63) is 30.3 Å². The molecule has 0 unspecified atom stereocenters. The van der Waals surface area contributed by atoms with Gasteiger partial charge in [-0.1, -0.05) is 38.0 Å². The van der Waals surface area contributed by atoms with Crippen molar-refractivity contribution in [1.82, 2.24) is 0 Å². The lowest BCUT2D eigenvalue weighted by Crippen LogP contribution is -2.09. The molecule has 0 spiro atoms. The summed E-state index contributed by atoms with van der Waals surface area (Å²) in [6.45, 7) is 2.15. The number of unbranched alkanes of at least 4 members (excludes halogenated alkanes) is 1. The molecule has 0 aliphatic rings. The van der Waals surface area contributed by atoms with E-state index in [0.717, 1.165) is 25.0 Å². The van der Waals surface area contributed by atoms with Crippen molar-refractivity contribution < 1.29 is 5.11 Å². The molecule has 1 aromatic carbocycles. The minimum Gasteiger partial charge on any atom is -0.392 e. The average molecular weight is 210 g/mol. The summed E-state index contributed by atoms with van der Waals surface area (Å²) in [6, 6.07) is 10.2. The minimum absolute atomic E-state index is 0.153. The predicted octanol–water partition coefficient (Wildman–Crippen LogP) is 3.33. The monoisotopic (exact) mass is 210 g/mol. The minimum atomic E-state index is -0.153. The number of hydrogen-bond donors (Lipinski definition) is 1. The molecule has 0 amide bonds. The summed E-state index contributed by atoms with van der Waals surface area (Å²) in [5.74, 6) is 0.810. The highest BCUT2D eigenvalue weighted by atomic mass is 32.2. The highest BCUT2D eigenvalue weighted by molar-refractivity contribution is 7.99. The van der Waals surface area contributed by atoms with E-state index in [1.807, 2.05) is 18.2 Å². The van der Waals surface area contributed by atoms with Gasteiger partial charge in [0.25, 0.3) is 0 Å². The van der Waals surface area contributed by atoms with Crippen LogP contribution in [0.2, 0.25) is 0 Å². The van der Waals surface area contributed by atoms with Crippen molar-refractivity contribution in [2.75, 3.05) is 5.75 Å². The first-order valence-corrected chi connectivity index (χ1v) is 6.17. The van der Waals surface area contributed by atoms with Crippen molar-refractivity contribution in [2.45, 2.75) is 37.2 Å². The largest absolute Gasteiger partial charge is 0.392 e. The number of benzene rings is 1. The molecule has 0 bridgehead atoms. The zero-order valence-corrected chi connectivity index (χ0v) is 9.46. The summed E-state index contributed by atoms with van der Waals surface area (Å²) in [5.41, 5.74) is 0. The lowest BCUT2D eigenvalue weighted by molar-refractivity contribution is 0.186. The van der Waals surface area contributed by atoms with E-state index in [-0.39, 0.29) is 6.10 Å². The van der Waals surface area contributed by atoms with Crippen LogP contribution < -0.4 is 0 Å². The van der Waals surface area contributed by atoms with Gasteiger partial charge in [0, 0.05) is 10.6 Å². The first-order valence-electron chi connectivity index (χ1n) is 5.19. The molecule has 1 N–H and O–H groups in total. The standard InChI is InChI=1S/C12H18OS/c1-2-3-7-11(13)10-14-12-8-5-4-6-9-12/h4-6,8-9,11,13H,2-3,7,10H2,1H3/t11-/m1/s1. The van der Waals surface area contributed by atoms with Gasteiger partial charge in [-0.3, -0.25) is 0 Å². The summed E-state index contributed by atoms with van der Waals surface area (Å²) in [6.07, 6.45) is 3.06. The molecule has 0 radical (unpaired) electrons. The van der Waals surface area contributed by atoms with Crippen LogP contribution in [-0.2, 0) is 0 Å². The molecule has 0 heterocycles. The predicted molar refractivity (Wildman–Crippen MR) is 62.7 cm³/mol. The zero-order valence-electron chi connectivity index (χ0n) is 8.65. The van der Waals surface area contributed by atoms with E-state index >= 15 is 0 Å². The van der Waals surface area contributed by atoms with E-state index < -0.39 is 0 Å². The van der Waals surface area contributed by atoms with Crippen LogP contribution in [0.15, 0.2) is 35.2 Å². The van der Waals surface area contributed by atoms with Crippen molar-refractivity contribution in [3.8, 4) is 0 Å². The summed E-state index contributed by atoms with van der Waals surface area (Å²) in [4.78, 5) is 1.24. The molecule has 0 saturated carbocycles. The smallest absolute Gasteiger partial charge is 0.0634 e. The molecule has 0 fully saturated rings. The topological polar surface area (TPSA) is 20.2 Å². The quantitative estimate of drug-likeness (QED) is 0.727. The maximum atomic E-state index is 9.62. The lowest BCUT2D eigenvalue weighted by Gasteiger charge is -2.08. The average Bonchev–Trinajstić information content (AvgIpc) is 2.25. The molecule has 78 valence electrons. The van der Waals surface area contributed by atoms with Crippen LogP contribution in [-0.4, -0.2) is 17.0 Å². The van der Waals surface area contributed by atoms with Gasteiger partial charge < -0.3 is 5.11 Å². The molecule has 1 rings (SSSR count). The van der Waals surface area contributed by atoms with Gasteiger partial charge in [-0.15, -0.1) is 11.8 Å². The number of hydrogen-bond acceptors (Lipinski definition) is 2. The second kappa shape index (κ2) is 6.91. The van der Waals surface area contributed by atoms with E-state index in [2.05, 4.69) is 19.1 Å². The Morgan fingerprint density at radius 1 is 1.29 bits per heavy atom. The Balaban J connectivity index is 2.20.